The average Bonchev–Trinajstić information content (AvgIpc) is 3.41. The minimum absolute atomic E-state index is 0.117. The molecular weight excluding hydrogens is 453 g/mol. The van der Waals surface area contributed by atoms with E-state index in [-0.39, 0.29) is 18.2 Å². The highest BCUT2D eigenvalue weighted by atomic mass is 35.5. The summed E-state index contributed by atoms with van der Waals surface area (Å²) in [5.41, 5.74) is 0.887. The molecule has 0 radical (unpaired) electrons. The zero-order valence-electron chi connectivity index (χ0n) is 17.0. The van der Waals surface area contributed by atoms with Crippen LogP contribution in [0.15, 0.2) is 71.3 Å². The van der Waals surface area contributed by atoms with E-state index in [1.54, 1.807) is 48.3 Å². The molecule has 4 aromatic rings. The number of carbonyl (C=O) groups excluding carboxylic acids is 1. The quantitative estimate of drug-likeness (QED) is 0.358. The smallest absolute Gasteiger partial charge is 0.292 e. The van der Waals surface area contributed by atoms with Gasteiger partial charge in [0, 0.05) is 17.3 Å². The number of benzene rings is 2. The molecule has 2 aromatic carbocycles. The normalized spacial score (nSPS) is 10.7. The van der Waals surface area contributed by atoms with E-state index >= 15 is 0 Å². The highest BCUT2D eigenvalue weighted by molar-refractivity contribution is 6.33. The molecule has 1 amide bonds. The van der Waals surface area contributed by atoms with Gasteiger partial charge in [-0.25, -0.2) is 0 Å². The molecule has 4 rings (SSSR count). The van der Waals surface area contributed by atoms with Crippen molar-refractivity contribution in [1.82, 2.24) is 9.78 Å². The fraction of sp³-hybridized carbons (Fsp3) is 0.130. The van der Waals surface area contributed by atoms with Crippen LogP contribution < -0.4 is 14.8 Å². The number of anilines is 1. The number of hydrogen-bond acceptors (Lipinski definition) is 5. The molecule has 2 aromatic heterocycles. The summed E-state index contributed by atoms with van der Waals surface area (Å²) in [5.74, 6) is 1.69. The molecule has 2 heterocycles. The summed E-state index contributed by atoms with van der Waals surface area (Å²) in [6.45, 7) is 0.579. The van der Waals surface area contributed by atoms with Crippen LogP contribution in [0.5, 0.6) is 11.5 Å². The van der Waals surface area contributed by atoms with Crippen molar-refractivity contribution in [3.05, 3.63) is 94.0 Å². The van der Waals surface area contributed by atoms with Gasteiger partial charge in [0.15, 0.2) is 11.6 Å². The lowest BCUT2D eigenvalue weighted by Crippen LogP contribution is -2.12. The molecule has 0 aliphatic heterocycles. The second kappa shape index (κ2) is 9.80. The van der Waals surface area contributed by atoms with Crippen molar-refractivity contribution < 1.29 is 18.7 Å². The Morgan fingerprint density at radius 3 is 2.69 bits per heavy atom. The fourth-order valence-electron chi connectivity index (χ4n) is 2.96. The predicted molar refractivity (Wildman–Crippen MR) is 122 cm³/mol. The van der Waals surface area contributed by atoms with Crippen molar-refractivity contribution in [1.29, 1.82) is 0 Å². The Balaban J connectivity index is 1.37. The van der Waals surface area contributed by atoms with E-state index in [2.05, 4.69) is 10.4 Å². The molecule has 0 unspecified atom stereocenters. The number of halogens is 2. The number of aromatic nitrogens is 2. The molecule has 0 saturated carbocycles. The van der Waals surface area contributed by atoms with Crippen LogP contribution in [0.2, 0.25) is 10.0 Å². The highest BCUT2D eigenvalue weighted by Gasteiger charge is 2.16. The van der Waals surface area contributed by atoms with Crippen LogP contribution in [0.3, 0.4) is 0 Å². The summed E-state index contributed by atoms with van der Waals surface area (Å²) >= 11 is 12.4. The number of methoxy groups -OCH3 is 1. The van der Waals surface area contributed by atoms with Crippen molar-refractivity contribution in [2.45, 2.75) is 13.2 Å². The number of carbonyl (C=O) groups is 1. The second-order valence-electron chi connectivity index (χ2n) is 6.80. The van der Waals surface area contributed by atoms with Gasteiger partial charge in [-0.05, 0) is 35.9 Å². The Labute approximate surface area is 194 Å². The van der Waals surface area contributed by atoms with Crippen LogP contribution in [0.4, 0.5) is 5.82 Å². The number of rotatable bonds is 8. The van der Waals surface area contributed by atoms with E-state index in [0.29, 0.717) is 33.8 Å². The molecule has 32 heavy (non-hydrogen) atoms. The topological polar surface area (TPSA) is 78.5 Å². The third-order valence-electron chi connectivity index (χ3n) is 4.55. The maximum Gasteiger partial charge on any atom is 0.292 e. The first-order valence-corrected chi connectivity index (χ1v) is 10.4. The Morgan fingerprint density at radius 2 is 1.88 bits per heavy atom. The third-order valence-corrected chi connectivity index (χ3v) is 5.19. The number of amides is 1. The first-order valence-electron chi connectivity index (χ1n) is 9.65. The molecule has 0 aliphatic rings. The molecule has 0 atom stereocenters. The maximum absolute atomic E-state index is 12.6. The molecule has 1 N–H and O–H groups in total. The molecule has 0 aliphatic carbocycles. The van der Waals surface area contributed by atoms with Gasteiger partial charge < -0.3 is 19.2 Å². The number of nitrogens with zero attached hydrogens (tertiary/aromatic N) is 2. The van der Waals surface area contributed by atoms with E-state index in [0.717, 1.165) is 5.56 Å². The van der Waals surface area contributed by atoms with Gasteiger partial charge in [-0.1, -0.05) is 47.5 Å². The molecule has 7 nitrogen and oxygen atoms in total. The summed E-state index contributed by atoms with van der Waals surface area (Å²) in [6.07, 6.45) is 1.62. The number of nitrogens with one attached hydrogen (secondary N) is 1. The van der Waals surface area contributed by atoms with Crippen LogP contribution >= 0.6 is 23.2 Å². The fourth-order valence-corrected chi connectivity index (χ4v) is 3.35. The largest absolute Gasteiger partial charge is 0.497 e. The molecule has 9 heteroatoms. The first-order chi connectivity index (χ1) is 15.5. The van der Waals surface area contributed by atoms with Crippen molar-refractivity contribution in [3.8, 4) is 11.5 Å². The van der Waals surface area contributed by atoms with Gasteiger partial charge in [0.1, 0.15) is 28.9 Å². The Morgan fingerprint density at radius 1 is 1.06 bits per heavy atom. The maximum atomic E-state index is 12.6. The Kier molecular flexibility index (Phi) is 6.68. The lowest BCUT2D eigenvalue weighted by molar-refractivity contribution is 0.0992. The van der Waals surface area contributed by atoms with E-state index in [9.17, 15) is 4.79 Å². The summed E-state index contributed by atoms with van der Waals surface area (Å²) in [7, 11) is 1.59. The summed E-state index contributed by atoms with van der Waals surface area (Å²) in [4.78, 5) is 12.6. The zero-order chi connectivity index (χ0) is 22.5. The number of hydrogen-bond donors (Lipinski definition) is 1. The SMILES string of the molecule is COc1cccc(OCc2ccc(C(=O)Nc3nn(Cc4ccccc4Cl)cc3Cl)o2)c1. The average molecular weight is 472 g/mol. The zero-order valence-corrected chi connectivity index (χ0v) is 18.6. The van der Waals surface area contributed by atoms with E-state index in [1.807, 2.05) is 30.3 Å². The Hall–Kier alpha value is -3.42. The molecule has 164 valence electrons. The molecule has 0 saturated heterocycles. The molecule has 0 bridgehead atoms. The number of ether oxygens (including phenoxy) is 2. The van der Waals surface area contributed by atoms with Gasteiger partial charge in [-0.2, -0.15) is 5.10 Å². The van der Waals surface area contributed by atoms with E-state index in [4.69, 9.17) is 37.1 Å². The van der Waals surface area contributed by atoms with Crippen LogP contribution in [-0.4, -0.2) is 22.8 Å². The standard InChI is InChI=1S/C23H19Cl2N3O4/c1-30-16-6-4-7-17(11-16)31-14-18-9-10-21(32-18)23(29)26-22-20(25)13-28(27-22)12-15-5-2-3-8-19(15)24/h2-11,13H,12,14H2,1H3,(H,26,27,29). The highest BCUT2D eigenvalue weighted by Crippen LogP contribution is 2.24. The lowest BCUT2D eigenvalue weighted by Gasteiger charge is -2.06. The van der Waals surface area contributed by atoms with Gasteiger partial charge >= 0.3 is 0 Å². The van der Waals surface area contributed by atoms with Crippen molar-refractivity contribution >= 4 is 34.9 Å². The summed E-state index contributed by atoms with van der Waals surface area (Å²) < 4.78 is 18.0. The Bertz CT molecular complexity index is 1240. The minimum Gasteiger partial charge on any atom is -0.497 e. The monoisotopic (exact) mass is 471 g/mol. The second-order valence-corrected chi connectivity index (χ2v) is 7.62. The predicted octanol–water partition coefficient (Wildman–Crippen LogP) is 5.67. The molecular formula is C23H19Cl2N3O4. The molecule has 0 spiro atoms. The van der Waals surface area contributed by atoms with Crippen LogP contribution in [-0.2, 0) is 13.2 Å². The third kappa shape index (κ3) is 5.25. The summed E-state index contributed by atoms with van der Waals surface area (Å²) in [6, 6.07) is 17.9. The first kappa shape index (κ1) is 21.8. The molecule has 0 fully saturated rings. The van der Waals surface area contributed by atoms with Crippen LogP contribution in [0.1, 0.15) is 21.9 Å². The van der Waals surface area contributed by atoms with Gasteiger partial charge in [-0.3, -0.25) is 9.48 Å². The van der Waals surface area contributed by atoms with Gasteiger partial charge in [0.25, 0.3) is 5.91 Å². The van der Waals surface area contributed by atoms with Crippen LogP contribution in [0.25, 0.3) is 0 Å². The van der Waals surface area contributed by atoms with Crippen molar-refractivity contribution in [2.75, 3.05) is 12.4 Å². The van der Waals surface area contributed by atoms with Gasteiger partial charge in [0.05, 0.1) is 13.7 Å². The van der Waals surface area contributed by atoms with E-state index < -0.39 is 5.91 Å². The van der Waals surface area contributed by atoms with Crippen LogP contribution in [0, 0.1) is 0 Å². The lowest BCUT2D eigenvalue weighted by atomic mass is 10.2. The van der Waals surface area contributed by atoms with Gasteiger partial charge in [0.2, 0.25) is 0 Å². The van der Waals surface area contributed by atoms with E-state index in [1.165, 1.54) is 0 Å². The minimum atomic E-state index is -0.470. The summed E-state index contributed by atoms with van der Waals surface area (Å²) in [5, 5.41) is 7.92. The van der Waals surface area contributed by atoms with Gasteiger partial charge in [-0.15, -0.1) is 0 Å². The number of furan rings is 1. The van der Waals surface area contributed by atoms with Crippen molar-refractivity contribution in [3.63, 3.8) is 0 Å². The van der Waals surface area contributed by atoms with Crippen molar-refractivity contribution in [2.24, 2.45) is 0 Å².